The van der Waals surface area contributed by atoms with Gasteiger partial charge in [-0.05, 0) is 68.3 Å². The number of halogens is 1. The SMILES string of the molecule is CCOCc1cc(CN2CCCC(Nc3ccc(F)cc3)C2)ccc1OC. The smallest absolute Gasteiger partial charge is 0.124 e. The predicted molar refractivity (Wildman–Crippen MR) is 107 cm³/mol. The van der Waals surface area contributed by atoms with E-state index in [0.29, 0.717) is 19.3 Å². The van der Waals surface area contributed by atoms with Crippen molar-refractivity contribution >= 4 is 5.69 Å². The third kappa shape index (κ3) is 5.68. The van der Waals surface area contributed by atoms with E-state index in [-0.39, 0.29) is 5.82 Å². The van der Waals surface area contributed by atoms with E-state index in [0.717, 1.165) is 49.5 Å². The summed E-state index contributed by atoms with van der Waals surface area (Å²) in [6, 6.07) is 13.3. The molecule has 1 fully saturated rings. The van der Waals surface area contributed by atoms with Crippen LogP contribution in [0, 0.1) is 5.82 Å². The van der Waals surface area contributed by atoms with Crippen molar-refractivity contribution < 1.29 is 13.9 Å². The third-order valence-corrected chi connectivity index (χ3v) is 4.93. The first-order valence-electron chi connectivity index (χ1n) is 9.66. The third-order valence-electron chi connectivity index (χ3n) is 4.93. The summed E-state index contributed by atoms with van der Waals surface area (Å²) in [6.45, 7) is 6.24. The van der Waals surface area contributed by atoms with Crippen LogP contribution in [-0.2, 0) is 17.9 Å². The van der Waals surface area contributed by atoms with Crippen LogP contribution in [0.2, 0.25) is 0 Å². The number of likely N-dealkylation sites (tertiary alicyclic amines) is 1. The average Bonchev–Trinajstić information content (AvgIpc) is 2.68. The summed E-state index contributed by atoms with van der Waals surface area (Å²) in [7, 11) is 1.70. The number of piperidine rings is 1. The number of anilines is 1. The van der Waals surface area contributed by atoms with Crippen LogP contribution in [0.4, 0.5) is 10.1 Å². The lowest BCUT2D eigenvalue weighted by atomic mass is 10.0. The number of rotatable bonds is 8. The summed E-state index contributed by atoms with van der Waals surface area (Å²) in [5, 5.41) is 3.53. The van der Waals surface area contributed by atoms with E-state index >= 15 is 0 Å². The summed E-state index contributed by atoms with van der Waals surface area (Å²) in [4.78, 5) is 2.47. The molecule has 1 aliphatic heterocycles. The molecular weight excluding hydrogens is 343 g/mol. The minimum Gasteiger partial charge on any atom is -0.496 e. The van der Waals surface area contributed by atoms with Gasteiger partial charge >= 0.3 is 0 Å². The Morgan fingerprint density at radius 1 is 1.19 bits per heavy atom. The Morgan fingerprint density at radius 3 is 2.74 bits per heavy atom. The van der Waals surface area contributed by atoms with Crippen molar-refractivity contribution in [2.45, 2.75) is 39.0 Å². The fraction of sp³-hybridized carbons (Fsp3) is 0.455. The molecule has 1 saturated heterocycles. The second-order valence-corrected chi connectivity index (χ2v) is 7.01. The monoisotopic (exact) mass is 372 g/mol. The summed E-state index contributed by atoms with van der Waals surface area (Å²) < 4.78 is 24.1. The van der Waals surface area contributed by atoms with Gasteiger partial charge in [0, 0.05) is 37.0 Å². The maximum absolute atomic E-state index is 13.1. The number of methoxy groups -OCH3 is 1. The van der Waals surface area contributed by atoms with Crippen molar-refractivity contribution in [1.29, 1.82) is 0 Å². The largest absolute Gasteiger partial charge is 0.496 e. The summed E-state index contributed by atoms with van der Waals surface area (Å²) in [6.07, 6.45) is 2.28. The van der Waals surface area contributed by atoms with Gasteiger partial charge in [-0.2, -0.15) is 0 Å². The molecule has 0 saturated carbocycles. The summed E-state index contributed by atoms with van der Waals surface area (Å²) in [5.74, 6) is 0.676. The molecule has 1 heterocycles. The molecule has 5 heteroatoms. The van der Waals surface area contributed by atoms with Gasteiger partial charge in [-0.3, -0.25) is 4.90 Å². The molecule has 2 aromatic carbocycles. The molecule has 1 atom stereocenters. The maximum atomic E-state index is 13.1. The lowest BCUT2D eigenvalue weighted by Crippen LogP contribution is -2.41. The lowest BCUT2D eigenvalue weighted by Gasteiger charge is -2.33. The molecule has 1 aliphatic rings. The zero-order valence-corrected chi connectivity index (χ0v) is 16.2. The molecule has 1 unspecified atom stereocenters. The van der Waals surface area contributed by atoms with E-state index in [1.807, 2.05) is 13.0 Å². The second-order valence-electron chi connectivity index (χ2n) is 7.01. The number of nitrogens with zero attached hydrogens (tertiary/aromatic N) is 1. The van der Waals surface area contributed by atoms with Gasteiger partial charge in [0.1, 0.15) is 11.6 Å². The summed E-state index contributed by atoms with van der Waals surface area (Å²) in [5.41, 5.74) is 3.34. The van der Waals surface area contributed by atoms with E-state index in [9.17, 15) is 4.39 Å². The van der Waals surface area contributed by atoms with Crippen LogP contribution < -0.4 is 10.1 Å². The maximum Gasteiger partial charge on any atom is 0.124 e. The van der Waals surface area contributed by atoms with Crippen molar-refractivity contribution in [2.24, 2.45) is 0 Å². The highest BCUT2D eigenvalue weighted by molar-refractivity contribution is 5.44. The van der Waals surface area contributed by atoms with Gasteiger partial charge in [0.15, 0.2) is 0 Å². The Balaban J connectivity index is 1.60. The first kappa shape index (κ1) is 19.6. The molecule has 0 aliphatic carbocycles. The van der Waals surface area contributed by atoms with Crippen LogP contribution in [0.15, 0.2) is 42.5 Å². The number of nitrogens with one attached hydrogen (secondary N) is 1. The van der Waals surface area contributed by atoms with E-state index in [4.69, 9.17) is 9.47 Å². The molecule has 0 spiro atoms. The standard InChI is InChI=1S/C22H29FN2O2/c1-3-27-16-18-13-17(6-11-22(18)26-2)14-25-12-4-5-21(15-25)24-20-9-7-19(23)8-10-20/h6-11,13,21,24H,3-5,12,14-16H2,1-2H3. The normalized spacial score (nSPS) is 17.7. The van der Waals surface area contributed by atoms with Crippen LogP contribution in [-0.4, -0.2) is 37.7 Å². The van der Waals surface area contributed by atoms with Gasteiger partial charge in [-0.1, -0.05) is 6.07 Å². The molecule has 0 radical (unpaired) electrons. The molecule has 2 aromatic rings. The zero-order chi connectivity index (χ0) is 19.1. The first-order chi connectivity index (χ1) is 13.2. The Hall–Kier alpha value is -2.11. The van der Waals surface area contributed by atoms with Gasteiger partial charge in [0.25, 0.3) is 0 Å². The van der Waals surface area contributed by atoms with Gasteiger partial charge in [-0.15, -0.1) is 0 Å². The second kappa shape index (κ2) is 9.72. The van der Waals surface area contributed by atoms with E-state index in [1.165, 1.54) is 17.7 Å². The number of ether oxygens (including phenoxy) is 2. The lowest BCUT2D eigenvalue weighted by molar-refractivity contribution is 0.131. The quantitative estimate of drug-likeness (QED) is 0.742. The van der Waals surface area contributed by atoms with Gasteiger partial charge in [-0.25, -0.2) is 4.39 Å². The van der Waals surface area contributed by atoms with Crippen molar-refractivity contribution in [1.82, 2.24) is 4.90 Å². The van der Waals surface area contributed by atoms with Crippen LogP contribution >= 0.6 is 0 Å². The van der Waals surface area contributed by atoms with E-state index in [2.05, 4.69) is 22.3 Å². The van der Waals surface area contributed by atoms with Crippen molar-refractivity contribution in [3.8, 4) is 5.75 Å². The van der Waals surface area contributed by atoms with Crippen LogP contribution in [0.25, 0.3) is 0 Å². The molecule has 0 aromatic heterocycles. The van der Waals surface area contributed by atoms with Crippen LogP contribution in [0.1, 0.15) is 30.9 Å². The van der Waals surface area contributed by atoms with Gasteiger partial charge in [0.05, 0.1) is 13.7 Å². The highest BCUT2D eigenvalue weighted by Gasteiger charge is 2.20. The summed E-state index contributed by atoms with van der Waals surface area (Å²) >= 11 is 0. The molecule has 0 amide bonds. The molecular formula is C22H29FN2O2. The Labute approximate surface area is 161 Å². The number of benzene rings is 2. The number of hydrogen-bond acceptors (Lipinski definition) is 4. The van der Waals surface area contributed by atoms with Gasteiger partial charge < -0.3 is 14.8 Å². The Morgan fingerprint density at radius 2 is 2.00 bits per heavy atom. The molecule has 1 N–H and O–H groups in total. The zero-order valence-electron chi connectivity index (χ0n) is 16.2. The highest BCUT2D eigenvalue weighted by atomic mass is 19.1. The molecule has 0 bridgehead atoms. The number of hydrogen-bond donors (Lipinski definition) is 1. The molecule has 27 heavy (non-hydrogen) atoms. The Kier molecular flexibility index (Phi) is 7.07. The minimum absolute atomic E-state index is 0.201. The fourth-order valence-electron chi connectivity index (χ4n) is 3.61. The van der Waals surface area contributed by atoms with Crippen molar-refractivity contribution in [2.75, 3.05) is 32.1 Å². The van der Waals surface area contributed by atoms with Gasteiger partial charge in [0.2, 0.25) is 0 Å². The fourth-order valence-corrected chi connectivity index (χ4v) is 3.61. The molecule has 4 nitrogen and oxygen atoms in total. The Bertz CT molecular complexity index is 721. The van der Waals surface area contributed by atoms with Crippen LogP contribution in [0.5, 0.6) is 5.75 Å². The highest BCUT2D eigenvalue weighted by Crippen LogP contribution is 2.23. The molecule has 146 valence electrons. The average molecular weight is 372 g/mol. The van der Waals surface area contributed by atoms with Crippen molar-refractivity contribution in [3.05, 3.63) is 59.4 Å². The molecule has 3 rings (SSSR count). The first-order valence-corrected chi connectivity index (χ1v) is 9.66. The minimum atomic E-state index is -0.201. The van der Waals surface area contributed by atoms with Crippen LogP contribution in [0.3, 0.4) is 0 Å². The van der Waals surface area contributed by atoms with E-state index < -0.39 is 0 Å². The van der Waals surface area contributed by atoms with Crippen molar-refractivity contribution in [3.63, 3.8) is 0 Å². The van der Waals surface area contributed by atoms with E-state index in [1.54, 1.807) is 19.2 Å². The predicted octanol–water partition coefficient (Wildman–Crippen LogP) is 4.45. The topological polar surface area (TPSA) is 33.7 Å².